The summed E-state index contributed by atoms with van der Waals surface area (Å²) in [5.41, 5.74) is 4.03. The van der Waals surface area contributed by atoms with E-state index in [9.17, 15) is 9.59 Å². The Morgan fingerprint density at radius 2 is 1.79 bits per heavy atom. The fraction of sp³-hybridized carbons (Fsp3) is 0.304. The number of hydrogen-bond acceptors (Lipinski definition) is 4. The van der Waals surface area contributed by atoms with Crippen LogP contribution in [0, 0.1) is 6.92 Å². The molecule has 1 aliphatic rings. The van der Waals surface area contributed by atoms with Crippen molar-refractivity contribution >= 4 is 29.5 Å². The molecule has 1 aliphatic heterocycles. The van der Waals surface area contributed by atoms with Crippen LogP contribution in [0.25, 0.3) is 6.08 Å². The second-order valence-corrected chi connectivity index (χ2v) is 6.95. The fourth-order valence-corrected chi connectivity index (χ4v) is 3.23. The average Bonchev–Trinajstić information content (AvgIpc) is 2.73. The van der Waals surface area contributed by atoms with Crippen LogP contribution in [0.3, 0.4) is 0 Å². The molecule has 0 unspecified atom stereocenters. The van der Waals surface area contributed by atoms with Crippen molar-refractivity contribution in [2.24, 2.45) is 0 Å². The lowest BCUT2D eigenvalue weighted by atomic mass is 10.2. The topological polar surface area (TPSA) is 61.9 Å². The molecule has 6 nitrogen and oxygen atoms in total. The number of nitrogens with zero attached hydrogens (tertiary/aromatic N) is 2. The zero-order chi connectivity index (χ0) is 20.6. The Morgan fingerprint density at radius 1 is 1.07 bits per heavy atom. The molecule has 1 saturated heterocycles. The number of carbonyl (C=O) groups is 2. The lowest BCUT2D eigenvalue weighted by Gasteiger charge is -2.36. The van der Waals surface area contributed by atoms with Crippen LogP contribution in [0.5, 0.6) is 0 Å². The molecule has 1 fully saturated rings. The van der Waals surface area contributed by atoms with Crippen LogP contribution in [0.4, 0.5) is 16.2 Å². The number of rotatable bonds is 5. The van der Waals surface area contributed by atoms with E-state index in [4.69, 9.17) is 4.74 Å². The molecule has 2 amide bonds. The number of aryl methyl sites for hydroxylation is 1. The van der Waals surface area contributed by atoms with Crippen LogP contribution in [-0.2, 0) is 9.53 Å². The number of benzene rings is 2. The summed E-state index contributed by atoms with van der Waals surface area (Å²) in [7, 11) is 0. The molecule has 0 aliphatic carbocycles. The monoisotopic (exact) mass is 393 g/mol. The zero-order valence-electron chi connectivity index (χ0n) is 16.9. The first kappa shape index (κ1) is 20.5. The third kappa shape index (κ3) is 5.85. The summed E-state index contributed by atoms with van der Waals surface area (Å²) in [5.74, 6) is -0.366. The molecule has 0 spiro atoms. The standard InChI is InChI=1S/C23H27N3O3/c1-3-29-22(27)12-9-19-7-10-20(11-8-19)24-23(28)26-15-13-25(14-16-26)21-6-4-5-18(2)17-21/h4-12,17H,3,13-16H2,1-2H3,(H,24,28). The van der Waals surface area contributed by atoms with Crippen LogP contribution in [0.1, 0.15) is 18.1 Å². The van der Waals surface area contributed by atoms with Crippen LogP contribution in [0.2, 0.25) is 0 Å². The van der Waals surface area contributed by atoms with Crippen molar-refractivity contribution in [3.63, 3.8) is 0 Å². The number of carbonyl (C=O) groups excluding carboxylic acids is 2. The molecule has 2 aromatic carbocycles. The molecule has 0 aromatic heterocycles. The molecule has 0 radical (unpaired) electrons. The van der Waals surface area contributed by atoms with Gasteiger partial charge in [0.05, 0.1) is 6.61 Å². The van der Waals surface area contributed by atoms with Gasteiger partial charge in [-0.05, 0) is 55.3 Å². The van der Waals surface area contributed by atoms with E-state index in [0.29, 0.717) is 19.7 Å². The summed E-state index contributed by atoms with van der Waals surface area (Å²) < 4.78 is 4.86. The Hall–Kier alpha value is -3.28. The van der Waals surface area contributed by atoms with Crippen molar-refractivity contribution in [1.29, 1.82) is 0 Å². The van der Waals surface area contributed by atoms with Gasteiger partial charge in [0.1, 0.15) is 0 Å². The van der Waals surface area contributed by atoms with E-state index in [2.05, 4.69) is 41.4 Å². The molecule has 29 heavy (non-hydrogen) atoms. The highest BCUT2D eigenvalue weighted by Gasteiger charge is 2.21. The van der Waals surface area contributed by atoms with Gasteiger partial charge in [0.15, 0.2) is 0 Å². The number of urea groups is 1. The van der Waals surface area contributed by atoms with Gasteiger partial charge in [-0.25, -0.2) is 9.59 Å². The van der Waals surface area contributed by atoms with Gasteiger partial charge in [-0.1, -0.05) is 24.3 Å². The molecule has 0 bridgehead atoms. The van der Waals surface area contributed by atoms with Crippen molar-refractivity contribution in [2.45, 2.75) is 13.8 Å². The number of ether oxygens (including phenoxy) is 1. The highest BCUT2D eigenvalue weighted by molar-refractivity contribution is 5.90. The molecule has 1 heterocycles. The van der Waals surface area contributed by atoms with Crippen LogP contribution in [0.15, 0.2) is 54.6 Å². The van der Waals surface area contributed by atoms with E-state index in [0.717, 1.165) is 24.3 Å². The number of amides is 2. The Kier molecular flexibility index (Phi) is 6.89. The van der Waals surface area contributed by atoms with Crippen LogP contribution >= 0.6 is 0 Å². The number of nitrogens with one attached hydrogen (secondary N) is 1. The van der Waals surface area contributed by atoms with Crippen molar-refractivity contribution in [1.82, 2.24) is 4.90 Å². The van der Waals surface area contributed by atoms with E-state index in [1.165, 1.54) is 17.3 Å². The fourth-order valence-electron chi connectivity index (χ4n) is 3.23. The molecule has 0 saturated carbocycles. The van der Waals surface area contributed by atoms with E-state index in [1.54, 1.807) is 13.0 Å². The zero-order valence-corrected chi connectivity index (χ0v) is 16.9. The van der Waals surface area contributed by atoms with Gasteiger partial charge in [0.2, 0.25) is 0 Å². The molecule has 2 aromatic rings. The van der Waals surface area contributed by atoms with Crippen molar-refractivity contribution < 1.29 is 14.3 Å². The third-order valence-electron chi connectivity index (χ3n) is 4.79. The van der Waals surface area contributed by atoms with Crippen molar-refractivity contribution in [2.75, 3.05) is 43.0 Å². The van der Waals surface area contributed by atoms with E-state index >= 15 is 0 Å². The summed E-state index contributed by atoms with van der Waals surface area (Å²) in [6, 6.07) is 15.7. The quantitative estimate of drug-likeness (QED) is 0.618. The smallest absolute Gasteiger partial charge is 0.330 e. The minimum Gasteiger partial charge on any atom is -0.463 e. The molecular formula is C23H27N3O3. The van der Waals surface area contributed by atoms with Gasteiger partial charge >= 0.3 is 12.0 Å². The minimum atomic E-state index is -0.366. The minimum absolute atomic E-state index is 0.0938. The Labute approximate surface area is 171 Å². The summed E-state index contributed by atoms with van der Waals surface area (Å²) in [6.07, 6.45) is 3.08. The highest BCUT2D eigenvalue weighted by atomic mass is 16.5. The predicted molar refractivity (Wildman–Crippen MR) is 116 cm³/mol. The summed E-state index contributed by atoms with van der Waals surface area (Å²) in [6.45, 7) is 7.20. The lowest BCUT2D eigenvalue weighted by molar-refractivity contribution is -0.137. The molecular weight excluding hydrogens is 366 g/mol. The number of piperazine rings is 1. The largest absolute Gasteiger partial charge is 0.463 e. The van der Waals surface area contributed by atoms with Gasteiger partial charge < -0.3 is 19.9 Å². The Balaban J connectivity index is 1.50. The summed E-state index contributed by atoms with van der Waals surface area (Å²) >= 11 is 0. The summed E-state index contributed by atoms with van der Waals surface area (Å²) in [4.78, 5) is 28.1. The second kappa shape index (κ2) is 9.78. The maximum Gasteiger partial charge on any atom is 0.330 e. The molecule has 152 valence electrons. The van der Waals surface area contributed by atoms with Gasteiger partial charge in [-0.15, -0.1) is 0 Å². The first-order valence-electron chi connectivity index (χ1n) is 9.87. The molecule has 6 heteroatoms. The van der Waals surface area contributed by atoms with Gasteiger partial charge in [-0.3, -0.25) is 0 Å². The lowest BCUT2D eigenvalue weighted by Crippen LogP contribution is -2.50. The van der Waals surface area contributed by atoms with Gasteiger partial charge in [-0.2, -0.15) is 0 Å². The molecule has 1 N–H and O–H groups in total. The average molecular weight is 393 g/mol. The first-order chi connectivity index (χ1) is 14.0. The summed E-state index contributed by atoms with van der Waals surface area (Å²) in [5, 5.41) is 2.94. The number of esters is 1. The Bertz CT molecular complexity index is 869. The Morgan fingerprint density at radius 3 is 2.45 bits per heavy atom. The number of anilines is 2. The third-order valence-corrected chi connectivity index (χ3v) is 4.79. The van der Waals surface area contributed by atoms with Crippen LogP contribution < -0.4 is 10.2 Å². The molecule has 0 atom stereocenters. The highest BCUT2D eigenvalue weighted by Crippen LogP contribution is 2.18. The van der Waals surface area contributed by atoms with Gasteiger partial charge in [0, 0.05) is 43.6 Å². The van der Waals surface area contributed by atoms with E-state index in [-0.39, 0.29) is 12.0 Å². The van der Waals surface area contributed by atoms with E-state index in [1.807, 2.05) is 29.2 Å². The first-order valence-corrected chi connectivity index (χ1v) is 9.87. The normalized spacial score (nSPS) is 14.1. The second-order valence-electron chi connectivity index (χ2n) is 6.95. The van der Waals surface area contributed by atoms with E-state index < -0.39 is 0 Å². The van der Waals surface area contributed by atoms with Crippen molar-refractivity contribution in [3.8, 4) is 0 Å². The molecule has 3 rings (SSSR count). The van der Waals surface area contributed by atoms with Gasteiger partial charge in [0.25, 0.3) is 0 Å². The van der Waals surface area contributed by atoms with Crippen LogP contribution in [-0.4, -0.2) is 49.7 Å². The van der Waals surface area contributed by atoms with Crippen molar-refractivity contribution in [3.05, 3.63) is 65.7 Å². The number of hydrogen-bond donors (Lipinski definition) is 1. The SMILES string of the molecule is CCOC(=O)C=Cc1ccc(NC(=O)N2CCN(c3cccc(C)c3)CC2)cc1. The maximum absolute atomic E-state index is 12.6. The predicted octanol–water partition coefficient (Wildman–Crippen LogP) is 3.93. The maximum atomic E-state index is 12.6.